The van der Waals surface area contributed by atoms with Crippen molar-refractivity contribution in [1.29, 1.82) is 0 Å². The van der Waals surface area contributed by atoms with E-state index in [1.807, 2.05) is 0 Å². The van der Waals surface area contributed by atoms with Gasteiger partial charge in [-0.15, -0.1) is 11.3 Å². The van der Waals surface area contributed by atoms with Gasteiger partial charge in [0.15, 0.2) is 0 Å². The van der Waals surface area contributed by atoms with E-state index in [4.69, 9.17) is 23.3 Å². The number of carbonyl (C=O) groups excluding carboxylic acids is 3. The number of hydrogen-bond donors (Lipinski definition) is 0. The average molecular weight is 694 g/mol. The van der Waals surface area contributed by atoms with E-state index in [1.165, 1.54) is 38.5 Å². The first-order valence-electron chi connectivity index (χ1n) is 12.5. The number of hydrogen-bond acceptors (Lipinski definition) is 14. The minimum Gasteiger partial charge on any atom is -0.422 e. The van der Waals surface area contributed by atoms with Crippen LogP contribution in [-0.2, 0) is 38.3 Å². The first-order chi connectivity index (χ1) is 20.9. The van der Waals surface area contributed by atoms with Crippen LogP contribution in [0.3, 0.4) is 0 Å². The van der Waals surface area contributed by atoms with Crippen LogP contribution in [0, 0.1) is 10.1 Å². The summed E-state index contributed by atoms with van der Waals surface area (Å²) in [6.45, 7) is -1.43. The van der Waals surface area contributed by atoms with Crippen LogP contribution in [-0.4, -0.2) is 73.3 Å². The third-order valence-electron chi connectivity index (χ3n) is 5.41. The molecule has 0 bridgehead atoms. The van der Waals surface area contributed by atoms with E-state index < -0.39 is 42.9 Å². The fraction of sp³-hybridized carbons (Fsp3) is 0.346. The van der Waals surface area contributed by atoms with Crippen molar-refractivity contribution in [2.24, 2.45) is 0 Å². The van der Waals surface area contributed by atoms with Gasteiger partial charge in [0.05, 0.1) is 18.1 Å². The minimum atomic E-state index is -5.22. The van der Waals surface area contributed by atoms with Gasteiger partial charge in [0.2, 0.25) is 10.2 Å². The Labute approximate surface area is 262 Å². The van der Waals surface area contributed by atoms with Crippen molar-refractivity contribution >= 4 is 74.4 Å². The number of esters is 1. The highest BCUT2D eigenvalue weighted by Gasteiger charge is 2.55. The fourth-order valence-electron chi connectivity index (χ4n) is 3.43. The highest BCUT2D eigenvalue weighted by molar-refractivity contribution is 8.14. The normalized spacial score (nSPS) is 11.9. The summed E-state index contributed by atoms with van der Waals surface area (Å²) in [4.78, 5) is 46.3. The molecular weight excluding hydrogens is 667 g/mol. The molecule has 238 valence electrons. The molecule has 0 atom stereocenters. The zero-order chi connectivity index (χ0) is 32.3. The molecule has 0 aliphatic rings. The van der Waals surface area contributed by atoms with Gasteiger partial charge in [0, 0.05) is 48.1 Å². The Morgan fingerprint density at radius 2 is 1.50 bits per heavy atom. The van der Waals surface area contributed by atoms with E-state index in [-0.39, 0.29) is 56.7 Å². The van der Waals surface area contributed by atoms with Gasteiger partial charge in [0.1, 0.15) is 23.8 Å². The van der Waals surface area contributed by atoms with E-state index in [2.05, 4.69) is 0 Å². The van der Waals surface area contributed by atoms with Crippen molar-refractivity contribution in [2.75, 3.05) is 52.2 Å². The Morgan fingerprint density at radius 1 is 0.932 bits per heavy atom. The third-order valence-corrected chi connectivity index (χ3v) is 10.1. The molecule has 0 N–H and O–H groups in total. The quantitative estimate of drug-likeness (QED) is 0.0398. The first kappa shape index (κ1) is 35.7. The predicted octanol–water partition coefficient (Wildman–Crippen LogP) is 6.12. The van der Waals surface area contributed by atoms with Crippen LogP contribution in [0.2, 0.25) is 0 Å². The predicted molar refractivity (Wildman–Crippen MR) is 162 cm³/mol. The summed E-state index contributed by atoms with van der Waals surface area (Å²) in [7, 11) is -2.58. The lowest BCUT2D eigenvalue weighted by molar-refractivity contribution is -0.384. The molecule has 0 fully saturated rings. The number of rotatable bonds is 17. The molecule has 0 amide bonds. The molecule has 0 saturated carbocycles. The summed E-state index contributed by atoms with van der Waals surface area (Å²) in [5, 5.41) is 10.3. The summed E-state index contributed by atoms with van der Waals surface area (Å²) in [6.07, 6.45) is 0. The molecule has 1 aromatic heterocycles. The van der Waals surface area contributed by atoms with Crippen molar-refractivity contribution in [3.05, 3.63) is 69.1 Å². The molecule has 0 saturated heterocycles. The zero-order valence-electron chi connectivity index (χ0n) is 23.2. The number of methoxy groups -OCH3 is 2. The number of nitrogens with zero attached hydrogens (tertiary/aromatic N) is 1. The van der Waals surface area contributed by atoms with E-state index in [9.17, 15) is 29.1 Å². The lowest BCUT2D eigenvalue weighted by Crippen LogP contribution is -2.20. The van der Waals surface area contributed by atoms with Crippen LogP contribution in [0.25, 0.3) is 10.1 Å². The van der Waals surface area contributed by atoms with Crippen LogP contribution in [0.1, 0.15) is 15.2 Å². The highest BCUT2D eigenvalue weighted by Crippen LogP contribution is 2.67. The second-order valence-corrected chi connectivity index (χ2v) is 14.0. The number of benzene rings is 2. The molecule has 12 nitrogen and oxygen atoms in total. The van der Waals surface area contributed by atoms with Crippen molar-refractivity contribution in [1.82, 2.24) is 0 Å². The van der Waals surface area contributed by atoms with Gasteiger partial charge in [-0.2, -0.15) is 8.78 Å². The van der Waals surface area contributed by atoms with E-state index >= 15 is 8.78 Å². The maximum absolute atomic E-state index is 15.9. The number of thiophene rings is 1. The molecule has 0 aliphatic heterocycles. The van der Waals surface area contributed by atoms with E-state index in [0.717, 1.165) is 59.1 Å². The molecule has 0 radical (unpaired) electrons. The number of ether oxygens (including phenoxy) is 3. The number of alkyl halides is 2. The Bertz CT molecular complexity index is 1510. The number of nitro benzene ring substituents is 1. The van der Waals surface area contributed by atoms with Gasteiger partial charge >= 0.3 is 19.2 Å². The topological polar surface area (TPSA) is 158 Å². The van der Waals surface area contributed by atoms with Crippen molar-refractivity contribution in [3.63, 3.8) is 0 Å². The monoisotopic (exact) mass is 693 g/mol. The molecule has 0 aliphatic carbocycles. The van der Waals surface area contributed by atoms with Crippen LogP contribution in [0.4, 0.5) is 14.5 Å². The smallest absolute Gasteiger partial charge is 0.404 e. The van der Waals surface area contributed by atoms with Gasteiger partial charge in [0.25, 0.3) is 5.69 Å². The first-order valence-corrected chi connectivity index (χ1v) is 16.8. The van der Waals surface area contributed by atoms with Gasteiger partial charge in [-0.05, 0) is 35.7 Å². The number of non-ortho nitro benzene ring substituents is 1. The Kier molecular flexibility index (Phi) is 13.4. The number of fused-ring (bicyclic) bond motifs is 1. The summed E-state index contributed by atoms with van der Waals surface area (Å²) >= 11 is 2.46. The second-order valence-electron chi connectivity index (χ2n) is 8.52. The standard InChI is InChI=1S/C26H26F2NO11PS3/c1-36-15-23(30)42-11-9-38-41(35,39-10-12-43-24(31)16-37-2)26(27,28)18-3-8-21-17(13-18)14-22(44-21)25(32)40-20-6-4-19(5-7-20)29(33)34/h3-8,13-14H,9-12,15-16H2,1-2H3. The Balaban J connectivity index is 1.79. The molecule has 0 spiro atoms. The molecular formula is C26H26F2NO11PS3. The maximum atomic E-state index is 15.9. The summed E-state index contributed by atoms with van der Waals surface area (Å²) in [6, 6.07) is 9.52. The maximum Gasteiger partial charge on any atom is 0.404 e. The lowest BCUT2D eigenvalue weighted by atomic mass is 10.1. The molecule has 0 unspecified atom stereocenters. The number of halogens is 2. The van der Waals surface area contributed by atoms with Crippen LogP contribution in [0.15, 0.2) is 48.5 Å². The van der Waals surface area contributed by atoms with Gasteiger partial charge in [-0.3, -0.25) is 24.3 Å². The van der Waals surface area contributed by atoms with Crippen molar-refractivity contribution < 1.29 is 55.9 Å². The third kappa shape index (κ3) is 9.62. The summed E-state index contributed by atoms with van der Waals surface area (Å²) < 4.78 is 70.6. The second kappa shape index (κ2) is 16.5. The molecule has 3 rings (SSSR count). The van der Waals surface area contributed by atoms with E-state index in [0.29, 0.717) is 4.70 Å². The highest BCUT2D eigenvalue weighted by atomic mass is 32.2. The molecule has 44 heavy (non-hydrogen) atoms. The lowest BCUT2D eigenvalue weighted by Gasteiger charge is -2.26. The molecule has 2 aromatic carbocycles. The SMILES string of the molecule is COCC(=O)SCCOP(=O)(OCCSC(=O)COC)C(F)(F)c1ccc2sc(C(=O)Oc3ccc([N+](=O)[O-])cc3)cc2c1. The number of carbonyl (C=O) groups is 3. The van der Waals surface area contributed by atoms with Crippen LogP contribution >= 0.6 is 42.5 Å². The summed E-state index contributed by atoms with van der Waals surface area (Å²) in [5.41, 5.74) is -5.07. The van der Waals surface area contributed by atoms with Crippen LogP contribution < -0.4 is 4.74 Å². The fourth-order valence-corrected chi connectivity index (χ4v) is 7.30. The summed E-state index contributed by atoms with van der Waals surface area (Å²) in [5.74, 6) is -0.969. The van der Waals surface area contributed by atoms with Crippen molar-refractivity contribution in [3.8, 4) is 5.75 Å². The average Bonchev–Trinajstić information content (AvgIpc) is 3.42. The number of nitro groups is 1. The minimum absolute atomic E-state index is 0.0460. The largest absolute Gasteiger partial charge is 0.422 e. The Hall–Kier alpha value is -2.76. The van der Waals surface area contributed by atoms with E-state index in [1.54, 1.807) is 0 Å². The Morgan fingerprint density at radius 3 is 2.02 bits per heavy atom. The zero-order valence-corrected chi connectivity index (χ0v) is 26.6. The van der Waals surface area contributed by atoms with Gasteiger partial charge in [-0.1, -0.05) is 29.6 Å². The molecule has 3 aromatic rings. The van der Waals surface area contributed by atoms with Crippen LogP contribution in [0.5, 0.6) is 5.75 Å². The number of thioether (sulfide) groups is 2. The van der Waals surface area contributed by atoms with Gasteiger partial charge in [-0.25, -0.2) is 4.79 Å². The van der Waals surface area contributed by atoms with Gasteiger partial charge < -0.3 is 23.3 Å². The molecule has 1 heterocycles. The van der Waals surface area contributed by atoms with Crippen molar-refractivity contribution in [2.45, 2.75) is 5.66 Å². The molecule has 18 heteroatoms.